The number of nitrogens with one attached hydrogen (secondary N) is 1. The van der Waals surface area contributed by atoms with Crippen LogP contribution in [0.5, 0.6) is 5.75 Å². The highest BCUT2D eigenvalue weighted by Gasteiger charge is 2.32. The van der Waals surface area contributed by atoms with Crippen molar-refractivity contribution in [1.29, 1.82) is 0 Å². The van der Waals surface area contributed by atoms with Crippen molar-refractivity contribution in [1.82, 2.24) is 5.32 Å². The Hall–Kier alpha value is -2.29. The molecule has 1 atom stereocenters. The minimum atomic E-state index is 0.0637. The summed E-state index contributed by atoms with van der Waals surface area (Å²) in [6.07, 6.45) is 11.3. The highest BCUT2D eigenvalue weighted by molar-refractivity contribution is 5.99. The molecule has 0 fully saturated rings. The largest absolute Gasteiger partial charge is 0.508 e. The third kappa shape index (κ3) is 2.79. The summed E-state index contributed by atoms with van der Waals surface area (Å²) in [5.41, 5.74) is 5.84. The second kappa shape index (κ2) is 6.31. The molecule has 4 rings (SSSR count). The van der Waals surface area contributed by atoms with Gasteiger partial charge in [-0.25, -0.2) is 0 Å². The predicted molar refractivity (Wildman–Crippen MR) is 94.3 cm³/mol. The van der Waals surface area contributed by atoms with Crippen LogP contribution in [0.3, 0.4) is 0 Å². The standard InChI is InChI=1S/C21H23NO2/c23-15-7-5-6-14(12-15)13-19-16-8-1-2-10-18(16)21(24)22-20-11-4-3-9-17(19)20/h2,5-7,10,12,19,23H,1,3-4,8-9,11,13H2,(H,22,24). The Morgan fingerprint density at radius 1 is 1.12 bits per heavy atom. The van der Waals surface area contributed by atoms with Crippen LogP contribution in [0.1, 0.15) is 44.1 Å². The molecule has 1 unspecified atom stereocenters. The minimum absolute atomic E-state index is 0.0637. The van der Waals surface area contributed by atoms with Crippen molar-refractivity contribution >= 4 is 5.91 Å². The Balaban J connectivity index is 1.79. The van der Waals surface area contributed by atoms with Crippen LogP contribution in [0, 0.1) is 5.92 Å². The number of benzene rings is 1. The van der Waals surface area contributed by atoms with Gasteiger partial charge in [-0.1, -0.05) is 24.3 Å². The van der Waals surface area contributed by atoms with E-state index in [9.17, 15) is 9.90 Å². The first kappa shape index (κ1) is 15.3. The summed E-state index contributed by atoms with van der Waals surface area (Å²) in [6, 6.07) is 7.53. The third-order valence-electron chi connectivity index (χ3n) is 5.42. The fourth-order valence-electron chi connectivity index (χ4n) is 4.30. The molecule has 1 aliphatic heterocycles. The number of amides is 1. The molecule has 0 radical (unpaired) electrons. The van der Waals surface area contributed by atoms with Gasteiger partial charge in [-0.15, -0.1) is 0 Å². The molecular weight excluding hydrogens is 298 g/mol. The first-order valence-electron chi connectivity index (χ1n) is 8.93. The summed E-state index contributed by atoms with van der Waals surface area (Å²) < 4.78 is 0. The number of allylic oxidation sites excluding steroid dienone is 4. The Morgan fingerprint density at radius 2 is 2.00 bits per heavy atom. The fraction of sp³-hybridized carbons (Fsp3) is 0.381. The van der Waals surface area contributed by atoms with Gasteiger partial charge in [0.2, 0.25) is 0 Å². The van der Waals surface area contributed by atoms with Crippen LogP contribution in [0.2, 0.25) is 0 Å². The van der Waals surface area contributed by atoms with E-state index in [-0.39, 0.29) is 11.8 Å². The van der Waals surface area contributed by atoms with Gasteiger partial charge < -0.3 is 10.4 Å². The van der Waals surface area contributed by atoms with Crippen LogP contribution in [0.15, 0.2) is 58.8 Å². The highest BCUT2D eigenvalue weighted by Crippen LogP contribution is 2.41. The second-order valence-electron chi connectivity index (χ2n) is 6.97. The van der Waals surface area contributed by atoms with Crippen LogP contribution in [0.4, 0.5) is 0 Å². The molecule has 24 heavy (non-hydrogen) atoms. The van der Waals surface area contributed by atoms with E-state index >= 15 is 0 Å². The molecule has 2 aliphatic carbocycles. The second-order valence-corrected chi connectivity index (χ2v) is 6.97. The summed E-state index contributed by atoms with van der Waals surface area (Å²) >= 11 is 0. The summed E-state index contributed by atoms with van der Waals surface area (Å²) in [5, 5.41) is 13.0. The summed E-state index contributed by atoms with van der Waals surface area (Å²) in [4.78, 5) is 12.7. The lowest BCUT2D eigenvalue weighted by molar-refractivity contribution is -0.116. The lowest BCUT2D eigenvalue weighted by atomic mass is 9.76. The number of carbonyl (C=O) groups excluding carboxylic acids is 1. The van der Waals surface area contributed by atoms with Gasteiger partial charge in [0.1, 0.15) is 5.75 Å². The van der Waals surface area contributed by atoms with E-state index in [1.807, 2.05) is 18.2 Å². The molecule has 1 aromatic carbocycles. The average Bonchev–Trinajstić information content (AvgIpc) is 2.71. The van der Waals surface area contributed by atoms with Crippen molar-refractivity contribution in [2.45, 2.75) is 44.9 Å². The van der Waals surface area contributed by atoms with Gasteiger partial charge in [-0.3, -0.25) is 4.79 Å². The molecule has 3 nitrogen and oxygen atoms in total. The van der Waals surface area contributed by atoms with E-state index in [1.54, 1.807) is 6.07 Å². The van der Waals surface area contributed by atoms with E-state index in [0.29, 0.717) is 5.75 Å². The van der Waals surface area contributed by atoms with Crippen molar-refractivity contribution < 1.29 is 9.90 Å². The maximum atomic E-state index is 12.7. The van der Waals surface area contributed by atoms with E-state index in [4.69, 9.17) is 0 Å². The maximum Gasteiger partial charge on any atom is 0.255 e. The molecule has 0 saturated carbocycles. The van der Waals surface area contributed by atoms with Gasteiger partial charge in [0.25, 0.3) is 5.91 Å². The molecule has 0 spiro atoms. The number of hydrogen-bond donors (Lipinski definition) is 2. The zero-order valence-corrected chi connectivity index (χ0v) is 13.8. The zero-order valence-electron chi connectivity index (χ0n) is 13.8. The van der Waals surface area contributed by atoms with Crippen molar-refractivity contribution in [3.8, 4) is 5.75 Å². The number of phenols is 1. The number of rotatable bonds is 2. The van der Waals surface area contributed by atoms with Gasteiger partial charge in [0, 0.05) is 17.2 Å². The monoisotopic (exact) mass is 321 g/mol. The number of hydrogen-bond acceptors (Lipinski definition) is 2. The summed E-state index contributed by atoms with van der Waals surface area (Å²) in [5.74, 6) is 0.653. The predicted octanol–water partition coefficient (Wildman–Crippen LogP) is 4.16. The molecular formula is C21H23NO2. The molecule has 0 saturated heterocycles. The lowest BCUT2D eigenvalue weighted by Crippen LogP contribution is -2.25. The van der Waals surface area contributed by atoms with Gasteiger partial charge in [-0.05, 0) is 73.8 Å². The molecule has 0 aromatic heterocycles. The third-order valence-corrected chi connectivity index (χ3v) is 5.42. The summed E-state index contributed by atoms with van der Waals surface area (Å²) in [6.45, 7) is 0. The first-order chi connectivity index (χ1) is 11.7. The molecule has 1 heterocycles. The van der Waals surface area contributed by atoms with E-state index < -0.39 is 0 Å². The Morgan fingerprint density at radius 3 is 2.88 bits per heavy atom. The van der Waals surface area contributed by atoms with E-state index in [0.717, 1.165) is 55.4 Å². The van der Waals surface area contributed by atoms with Gasteiger partial charge in [0.05, 0.1) is 0 Å². The number of phenolic OH excluding ortho intramolecular Hbond substituents is 1. The van der Waals surface area contributed by atoms with Crippen molar-refractivity contribution in [3.05, 3.63) is 64.4 Å². The quantitative estimate of drug-likeness (QED) is 0.859. The van der Waals surface area contributed by atoms with Crippen LogP contribution in [-0.2, 0) is 11.2 Å². The lowest BCUT2D eigenvalue weighted by Gasteiger charge is -2.28. The molecule has 3 aliphatic rings. The highest BCUT2D eigenvalue weighted by atomic mass is 16.3. The van der Waals surface area contributed by atoms with Crippen LogP contribution in [-0.4, -0.2) is 11.0 Å². The van der Waals surface area contributed by atoms with E-state index in [1.165, 1.54) is 17.6 Å². The van der Waals surface area contributed by atoms with Crippen LogP contribution < -0.4 is 5.32 Å². The first-order valence-corrected chi connectivity index (χ1v) is 8.93. The van der Waals surface area contributed by atoms with Crippen molar-refractivity contribution in [2.24, 2.45) is 5.92 Å². The molecule has 1 aromatic rings. The molecule has 124 valence electrons. The molecule has 0 bridgehead atoms. The van der Waals surface area contributed by atoms with Crippen molar-refractivity contribution in [2.75, 3.05) is 0 Å². The van der Waals surface area contributed by atoms with Crippen LogP contribution in [0.25, 0.3) is 0 Å². The normalized spacial score (nSPS) is 23.5. The Labute approximate surface area is 142 Å². The average molecular weight is 321 g/mol. The molecule has 1 amide bonds. The van der Waals surface area contributed by atoms with Crippen molar-refractivity contribution in [3.63, 3.8) is 0 Å². The number of aromatic hydroxyl groups is 1. The minimum Gasteiger partial charge on any atom is -0.508 e. The summed E-state index contributed by atoms with van der Waals surface area (Å²) in [7, 11) is 0. The topological polar surface area (TPSA) is 49.3 Å². The van der Waals surface area contributed by atoms with Crippen LogP contribution >= 0.6 is 0 Å². The molecule has 2 N–H and O–H groups in total. The number of carbonyl (C=O) groups is 1. The Kier molecular flexibility index (Phi) is 4.01. The van der Waals surface area contributed by atoms with E-state index in [2.05, 4.69) is 17.5 Å². The maximum absolute atomic E-state index is 12.7. The molecule has 3 heteroatoms. The zero-order chi connectivity index (χ0) is 16.5. The van der Waals surface area contributed by atoms with Gasteiger partial charge in [-0.2, -0.15) is 0 Å². The fourth-order valence-corrected chi connectivity index (χ4v) is 4.30. The Bertz CT molecular complexity index is 770. The van der Waals surface area contributed by atoms with Gasteiger partial charge >= 0.3 is 0 Å². The smallest absolute Gasteiger partial charge is 0.255 e. The van der Waals surface area contributed by atoms with Gasteiger partial charge in [0.15, 0.2) is 0 Å². The SMILES string of the molecule is O=C1NC2=C(CCCC2)C(Cc2cccc(O)c2)C2=C1C=CCC2.